The molecular weight excluding hydrogens is 507 g/mol. The molecule has 1 N–H and O–H groups in total. The van der Waals surface area contributed by atoms with Crippen LogP contribution < -0.4 is 4.90 Å². The number of imidazole rings is 1. The Bertz CT molecular complexity index is 1300. The number of anilines is 1. The lowest BCUT2D eigenvalue weighted by molar-refractivity contribution is -0.235. The monoisotopic (exact) mass is 538 g/mol. The van der Waals surface area contributed by atoms with Crippen molar-refractivity contribution in [3.63, 3.8) is 0 Å². The summed E-state index contributed by atoms with van der Waals surface area (Å²) in [6.45, 7) is 7.05. The van der Waals surface area contributed by atoms with Gasteiger partial charge in [0.2, 0.25) is 18.1 Å². The second kappa shape index (κ2) is 11.0. The van der Waals surface area contributed by atoms with Crippen molar-refractivity contribution in [2.75, 3.05) is 70.7 Å². The van der Waals surface area contributed by atoms with Crippen molar-refractivity contribution < 1.29 is 28.1 Å². The second-order valence-corrected chi connectivity index (χ2v) is 10.1. The first kappa shape index (κ1) is 25.8. The summed E-state index contributed by atoms with van der Waals surface area (Å²) in [7, 11) is 0. The molecule has 11 nitrogen and oxygen atoms in total. The van der Waals surface area contributed by atoms with Gasteiger partial charge in [0.1, 0.15) is 5.82 Å². The molecule has 3 fully saturated rings. The zero-order valence-corrected chi connectivity index (χ0v) is 21.8. The molecule has 0 aliphatic carbocycles. The predicted octanol–water partition coefficient (Wildman–Crippen LogP) is 2.42. The first-order valence-electron chi connectivity index (χ1n) is 13.1. The molecule has 0 saturated carbocycles. The molecule has 0 radical (unpaired) electrons. The number of ether oxygens (including phenoxy) is 4. The van der Waals surface area contributed by atoms with Crippen molar-refractivity contribution >= 4 is 11.9 Å². The quantitative estimate of drug-likeness (QED) is 0.523. The smallest absolute Gasteiger partial charge is 0.233 e. The molecule has 3 aliphatic rings. The van der Waals surface area contributed by atoms with Gasteiger partial charge < -0.3 is 33.7 Å². The third-order valence-corrected chi connectivity index (χ3v) is 7.18. The fraction of sp³-hybridized carbons (Fsp3) is 0.481. The molecule has 5 heterocycles. The number of aromatic nitrogens is 4. The third-order valence-electron chi connectivity index (χ3n) is 7.18. The van der Waals surface area contributed by atoms with Crippen molar-refractivity contribution in [3.05, 3.63) is 48.2 Å². The molecule has 1 amide bonds. The van der Waals surface area contributed by atoms with Crippen molar-refractivity contribution in [2.45, 2.75) is 13.2 Å². The minimum absolute atomic E-state index is 0.00647. The lowest BCUT2D eigenvalue weighted by atomic mass is 9.90. The number of benzene rings is 1. The van der Waals surface area contributed by atoms with Crippen molar-refractivity contribution in [1.29, 1.82) is 0 Å². The van der Waals surface area contributed by atoms with Crippen LogP contribution in [0.4, 0.5) is 10.3 Å². The molecular formula is C27H31FN6O5. The van der Waals surface area contributed by atoms with Crippen LogP contribution in [-0.4, -0.2) is 96.6 Å². The highest BCUT2D eigenvalue weighted by Gasteiger charge is 2.43. The number of nitrogens with zero attached hydrogens (tertiary/aromatic N) is 5. The van der Waals surface area contributed by atoms with E-state index in [0.29, 0.717) is 87.0 Å². The SMILES string of the molecule is CC1(C(=O)N2CCOCC2)COC(c2nc(-c3ccc(F)cc3)c(-c3ccnc(N4CCOCC4)n3)[nH]2)OC1. The molecule has 0 spiro atoms. The maximum Gasteiger partial charge on any atom is 0.233 e. The number of H-pyrrole nitrogens is 1. The van der Waals surface area contributed by atoms with E-state index in [0.717, 1.165) is 0 Å². The Balaban J connectivity index is 1.27. The standard InChI is InChI=1S/C27H31FN6O5/c1-27(25(35)33-8-12-36-13-9-33)16-38-24(39-17-27)23-31-21(18-2-4-19(28)5-3-18)22(32-23)20-6-7-29-26(30-20)34-10-14-37-15-11-34/h2-7,24H,8-17H2,1H3,(H,31,32). The molecule has 1 aromatic carbocycles. The van der Waals surface area contributed by atoms with Crippen LogP contribution in [0.15, 0.2) is 36.5 Å². The van der Waals surface area contributed by atoms with E-state index in [-0.39, 0.29) is 24.9 Å². The Hall–Kier alpha value is -3.45. The maximum absolute atomic E-state index is 13.7. The van der Waals surface area contributed by atoms with E-state index < -0.39 is 11.7 Å². The molecule has 3 aromatic rings. The van der Waals surface area contributed by atoms with Gasteiger partial charge in [-0.15, -0.1) is 0 Å². The lowest BCUT2D eigenvalue weighted by Crippen LogP contribution is -2.53. The number of rotatable bonds is 5. The molecule has 12 heteroatoms. The molecule has 206 valence electrons. The van der Waals surface area contributed by atoms with Gasteiger partial charge in [0, 0.05) is 37.9 Å². The van der Waals surface area contributed by atoms with Crippen LogP contribution in [-0.2, 0) is 23.7 Å². The van der Waals surface area contributed by atoms with Gasteiger partial charge in [-0.3, -0.25) is 4.79 Å². The minimum atomic E-state index is -0.803. The van der Waals surface area contributed by atoms with Crippen molar-refractivity contribution in [3.8, 4) is 22.6 Å². The van der Waals surface area contributed by atoms with E-state index in [2.05, 4.69) is 14.9 Å². The molecule has 3 aliphatic heterocycles. The first-order chi connectivity index (χ1) is 19.0. The van der Waals surface area contributed by atoms with Gasteiger partial charge in [0.15, 0.2) is 5.82 Å². The Kier molecular flexibility index (Phi) is 7.26. The van der Waals surface area contributed by atoms with Gasteiger partial charge in [-0.1, -0.05) is 0 Å². The number of carbonyl (C=O) groups excluding carboxylic acids is 1. The summed E-state index contributed by atoms with van der Waals surface area (Å²) in [5.41, 5.74) is 1.76. The number of hydrogen-bond donors (Lipinski definition) is 1. The van der Waals surface area contributed by atoms with Crippen LogP contribution in [0, 0.1) is 11.2 Å². The summed E-state index contributed by atoms with van der Waals surface area (Å²) in [6, 6.07) is 7.92. The topological polar surface area (TPSA) is 115 Å². The molecule has 0 atom stereocenters. The Morgan fingerprint density at radius 3 is 2.33 bits per heavy atom. The van der Waals surface area contributed by atoms with Crippen LogP contribution in [0.2, 0.25) is 0 Å². The van der Waals surface area contributed by atoms with E-state index in [4.69, 9.17) is 28.9 Å². The first-order valence-corrected chi connectivity index (χ1v) is 13.1. The van der Waals surface area contributed by atoms with Gasteiger partial charge in [-0.2, -0.15) is 0 Å². The minimum Gasteiger partial charge on any atom is -0.378 e. The summed E-state index contributed by atoms with van der Waals surface area (Å²) < 4.78 is 36.7. The summed E-state index contributed by atoms with van der Waals surface area (Å²) in [5, 5.41) is 0. The highest BCUT2D eigenvalue weighted by molar-refractivity contribution is 5.83. The third kappa shape index (κ3) is 5.37. The van der Waals surface area contributed by atoms with Crippen molar-refractivity contribution in [2.24, 2.45) is 5.41 Å². The molecule has 6 rings (SSSR count). The molecule has 2 aromatic heterocycles. The molecule has 0 unspecified atom stereocenters. The normalized spacial score (nSPS) is 24.1. The van der Waals surface area contributed by atoms with Crippen LogP contribution in [0.25, 0.3) is 22.6 Å². The van der Waals surface area contributed by atoms with Gasteiger partial charge in [-0.05, 0) is 37.3 Å². The fourth-order valence-electron chi connectivity index (χ4n) is 4.95. The summed E-state index contributed by atoms with van der Waals surface area (Å²) in [5.74, 6) is 0.695. The highest BCUT2D eigenvalue weighted by atomic mass is 19.1. The van der Waals surface area contributed by atoms with Crippen LogP contribution >= 0.6 is 0 Å². The van der Waals surface area contributed by atoms with E-state index in [1.807, 2.05) is 6.92 Å². The number of aromatic amines is 1. The fourth-order valence-corrected chi connectivity index (χ4v) is 4.95. The molecule has 0 bridgehead atoms. The van der Waals surface area contributed by atoms with E-state index >= 15 is 0 Å². The van der Waals surface area contributed by atoms with Gasteiger partial charge in [0.05, 0.1) is 62.1 Å². The molecule has 39 heavy (non-hydrogen) atoms. The van der Waals surface area contributed by atoms with Crippen LogP contribution in [0.3, 0.4) is 0 Å². The largest absolute Gasteiger partial charge is 0.378 e. The number of morpholine rings is 2. The summed E-state index contributed by atoms with van der Waals surface area (Å²) in [6.07, 6.45) is 0.905. The Morgan fingerprint density at radius 1 is 0.974 bits per heavy atom. The molecule has 3 saturated heterocycles. The number of carbonyl (C=O) groups is 1. The second-order valence-electron chi connectivity index (χ2n) is 10.1. The van der Waals surface area contributed by atoms with E-state index in [1.165, 1.54) is 12.1 Å². The van der Waals surface area contributed by atoms with E-state index in [1.54, 1.807) is 29.3 Å². The maximum atomic E-state index is 13.7. The van der Waals surface area contributed by atoms with Crippen LogP contribution in [0.1, 0.15) is 19.0 Å². The Labute approximate surface area is 225 Å². The van der Waals surface area contributed by atoms with Crippen molar-refractivity contribution in [1.82, 2.24) is 24.8 Å². The van der Waals surface area contributed by atoms with Gasteiger partial charge in [0.25, 0.3) is 0 Å². The van der Waals surface area contributed by atoms with E-state index in [9.17, 15) is 9.18 Å². The average Bonchev–Trinajstić information content (AvgIpc) is 3.44. The van der Waals surface area contributed by atoms with Gasteiger partial charge in [-0.25, -0.2) is 19.3 Å². The average molecular weight is 539 g/mol. The highest BCUT2D eigenvalue weighted by Crippen LogP contribution is 2.36. The predicted molar refractivity (Wildman–Crippen MR) is 138 cm³/mol. The number of amides is 1. The lowest BCUT2D eigenvalue weighted by Gasteiger charge is -2.39. The zero-order valence-electron chi connectivity index (χ0n) is 21.8. The summed E-state index contributed by atoms with van der Waals surface area (Å²) >= 11 is 0. The summed E-state index contributed by atoms with van der Waals surface area (Å²) in [4.78, 5) is 34.4. The van der Waals surface area contributed by atoms with Gasteiger partial charge >= 0.3 is 0 Å². The zero-order chi connectivity index (χ0) is 26.8. The van der Waals surface area contributed by atoms with Crippen LogP contribution in [0.5, 0.6) is 0 Å². The number of hydrogen-bond acceptors (Lipinski definition) is 9. The number of halogens is 1. The Morgan fingerprint density at radius 2 is 1.64 bits per heavy atom. The number of nitrogens with one attached hydrogen (secondary N) is 1.